The molecule has 0 aromatic carbocycles. The molecule has 0 atom stereocenters. The summed E-state index contributed by atoms with van der Waals surface area (Å²) in [4.78, 5) is 8.22. The number of hydrogen-bond donors (Lipinski definition) is 0. The van der Waals surface area contributed by atoms with Crippen LogP contribution in [0.15, 0.2) is 18.3 Å². The van der Waals surface area contributed by atoms with E-state index < -0.39 is 0 Å². The third-order valence-corrected chi connectivity index (χ3v) is 1.49. The standard InChI is InChI=1S/C10H12N2/c1-4-5-6-10-7-11-9(3)12-8(10)2/h4-7H,2H2,1,3H3/b5-4-,10-6-. The van der Waals surface area contributed by atoms with Gasteiger partial charge in [-0.3, -0.25) is 0 Å². The van der Waals surface area contributed by atoms with E-state index >= 15 is 0 Å². The smallest absolute Gasteiger partial charge is 0.125 e. The lowest BCUT2D eigenvalue weighted by Crippen LogP contribution is -2.27. The summed E-state index contributed by atoms with van der Waals surface area (Å²) in [7, 11) is 0. The van der Waals surface area contributed by atoms with Crippen molar-refractivity contribution in [2.45, 2.75) is 13.8 Å². The number of rotatable bonds is 1. The highest BCUT2D eigenvalue weighted by Gasteiger charge is 1.85. The van der Waals surface area contributed by atoms with Crippen LogP contribution in [-0.4, -0.2) is 9.97 Å². The molecule has 62 valence electrons. The fourth-order valence-electron chi connectivity index (χ4n) is 0.865. The van der Waals surface area contributed by atoms with Crippen LogP contribution < -0.4 is 10.6 Å². The number of nitrogens with zero attached hydrogens (tertiary/aromatic N) is 2. The first kappa shape index (κ1) is 8.65. The molecule has 0 bridgehead atoms. The Kier molecular flexibility index (Phi) is 2.75. The van der Waals surface area contributed by atoms with Gasteiger partial charge in [-0.2, -0.15) is 0 Å². The summed E-state index contributed by atoms with van der Waals surface area (Å²) in [5.74, 6) is 0.762. The third-order valence-electron chi connectivity index (χ3n) is 1.49. The SMILES string of the molecule is C=c1nc(C)nc/c1=C/C=C\C. The molecule has 1 aromatic rings. The zero-order valence-electron chi connectivity index (χ0n) is 7.41. The molecule has 2 nitrogen and oxygen atoms in total. The van der Waals surface area contributed by atoms with Gasteiger partial charge in [0, 0.05) is 11.4 Å². The predicted molar refractivity (Wildman–Crippen MR) is 50.8 cm³/mol. The molecule has 0 radical (unpaired) electrons. The van der Waals surface area contributed by atoms with Crippen LogP contribution in [0.4, 0.5) is 0 Å². The molecule has 0 saturated carbocycles. The van der Waals surface area contributed by atoms with Gasteiger partial charge in [0.15, 0.2) is 0 Å². The zero-order chi connectivity index (χ0) is 8.97. The Morgan fingerprint density at radius 2 is 2.25 bits per heavy atom. The van der Waals surface area contributed by atoms with E-state index in [0.717, 1.165) is 16.4 Å². The third kappa shape index (κ3) is 2.02. The van der Waals surface area contributed by atoms with Crippen LogP contribution in [0.3, 0.4) is 0 Å². The lowest BCUT2D eigenvalue weighted by molar-refractivity contribution is 1.01. The van der Waals surface area contributed by atoms with Gasteiger partial charge in [-0.25, -0.2) is 9.97 Å². The van der Waals surface area contributed by atoms with E-state index in [-0.39, 0.29) is 0 Å². The summed E-state index contributed by atoms with van der Waals surface area (Å²) < 4.78 is 0. The number of allylic oxidation sites excluding steroid dienone is 2. The highest BCUT2D eigenvalue weighted by Crippen LogP contribution is 1.73. The van der Waals surface area contributed by atoms with Gasteiger partial charge in [0.05, 0.1) is 5.35 Å². The van der Waals surface area contributed by atoms with Crippen molar-refractivity contribution in [2.75, 3.05) is 0 Å². The van der Waals surface area contributed by atoms with Crippen molar-refractivity contribution in [3.63, 3.8) is 0 Å². The molecule has 0 aliphatic carbocycles. The second-order valence-electron chi connectivity index (χ2n) is 2.51. The van der Waals surface area contributed by atoms with E-state index in [1.165, 1.54) is 0 Å². The van der Waals surface area contributed by atoms with Crippen molar-refractivity contribution in [3.8, 4) is 0 Å². The van der Waals surface area contributed by atoms with Crippen molar-refractivity contribution < 1.29 is 0 Å². The van der Waals surface area contributed by atoms with Gasteiger partial charge in [-0.05, 0) is 13.8 Å². The van der Waals surface area contributed by atoms with E-state index in [4.69, 9.17) is 0 Å². The van der Waals surface area contributed by atoms with E-state index in [1.54, 1.807) is 6.20 Å². The van der Waals surface area contributed by atoms with Gasteiger partial charge >= 0.3 is 0 Å². The molecule has 1 aromatic heterocycles. The highest BCUT2D eigenvalue weighted by atomic mass is 14.8. The van der Waals surface area contributed by atoms with Crippen LogP contribution in [0.5, 0.6) is 0 Å². The Morgan fingerprint density at radius 3 is 2.83 bits per heavy atom. The number of aryl methyl sites for hydroxylation is 1. The minimum absolute atomic E-state index is 0.762. The van der Waals surface area contributed by atoms with Crippen LogP contribution in [0, 0.1) is 6.92 Å². The number of hydrogen-bond acceptors (Lipinski definition) is 2. The lowest BCUT2D eigenvalue weighted by atomic mass is 10.3. The van der Waals surface area contributed by atoms with Crippen molar-refractivity contribution in [1.82, 2.24) is 9.97 Å². The molecule has 0 amide bonds. The first-order valence-corrected chi connectivity index (χ1v) is 3.85. The maximum atomic E-state index is 4.14. The highest BCUT2D eigenvalue weighted by molar-refractivity contribution is 5.35. The Bertz CT molecular complexity index is 391. The molecule has 1 heterocycles. The average molecular weight is 160 g/mol. The topological polar surface area (TPSA) is 25.8 Å². The van der Waals surface area contributed by atoms with Crippen molar-refractivity contribution in [1.29, 1.82) is 0 Å². The summed E-state index contributed by atoms with van der Waals surface area (Å²) >= 11 is 0. The van der Waals surface area contributed by atoms with Crippen LogP contribution in [0.25, 0.3) is 12.7 Å². The van der Waals surface area contributed by atoms with Gasteiger partial charge in [0.2, 0.25) is 0 Å². The molecule has 0 aliphatic heterocycles. The minimum atomic E-state index is 0.762. The van der Waals surface area contributed by atoms with Gasteiger partial charge in [-0.15, -0.1) is 0 Å². The maximum Gasteiger partial charge on any atom is 0.125 e. The molecular weight excluding hydrogens is 148 g/mol. The summed E-state index contributed by atoms with van der Waals surface area (Å²) in [5.41, 5.74) is 0. The minimum Gasteiger partial charge on any atom is -0.241 e. The molecule has 0 fully saturated rings. The Hall–Kier alpha value is -1.44. The molecule has 0 spiro atoms. The monoisotopic (exact) mass is 160 g/mol. The fraction of sp³-hybridized carbons (Fsp3) is 0.200. The van der Waals surface area contributed by atoms with Gasteiger partial charge in [-0.1, -0.05) is 24.8 Å². The van der Waals surface area contributed by atoms with Crippen molar-refractivity contribution in [3.05, 3.63) is 34.7 Å². The van der Waals surface area contributed by atoms with E-state index in [1.807, 2.05) is 32.1 Å². The Balaban J connectivity index is 3.28. The molecule has 12 heavy (non-hydrogen) atoms. The molecule has 0 aliphatic rings. The molecule has 0 unspecified atom stereocenters. The first-order valence-electron chi connectivity index (χ1n) is 3.85. The molecule has 0 saturated heterocycles. The summed E-state index contributed by atoms with van der Waals surface area (Å²) in [6.45, 7) is 7.64. The van der Waals surface area contributed by atoms with Crippen LogP contribution >= 0.6 is 0 Å². The molecule has 2 heteroatoms. The summed E-state index contributed by atoms with van der Waals surface area (Å²) in [5, 5.41) is 1.75. The Morgan fingerprint density at radius 1 is 1.50 bits per heavy atom. The van der Waals surface area contributed by atoms with Gasteiger partial charge in [0.1, 0.15) is 5.82 Å². The van der Waals surface area contributed by atoms with Gasteiger partial charge < -0.3 is 0 Å². The summed E-state index contributed by atoms with van der Waals surface area (Å²) in [6, 6.07) is 0. The van der Waals surface area contributed by atoms with Crippen LogP contribution in [-0.2, 0) is 0 Å². The van der Waals surface area contributed by atoms with Crippen molar-refractivity contribution >= 4 is 12.7 Å². The van der Waals surface area contributed by atoms with Crippen LogP contribution in [0.1, 0.15) is 12.7 Å². The quantitative estimate of drug-likeness (QED) is 0.599. The molecule has 1 rings (SSSR count). The number of aromatic nitrogens is 2. The van der Waals surface area contributed by atoms with Crippen LogP contribution in [0.2, 0.25) is 0 Å². The predicted octanol–water partition coefficient (Wildman–Crippen LogP) is 0.552. The second kappa shape index (κ2) is 3.81. The molecule has 0 N–H and O–H groups in total. The lowest BCUT2D eigenvalue weighted by Gasteiger charge is -1.89. The fourth-order valence-corrected chi connectivity index (χ4v) is 0.865. The second-order valence-corrected chi connectivity index (χ2v) is 2.51. The maximum absolute atomic E-state index is 4.14. The van der Waals surface area contributed by atoms with Gasteiger partial charge in [0.25, 0.3) is 0 Å². The zero-order valence-corrected chi connectivity index (χ0v) is 7.41. The first-order chi connectivity index (χ1) is 5.74. The van der Waals surface area contributed by atoms with E-state index in [2.05, 4.69) is 16.5 Å². The average Bonchev–Trinajstić information content (AvgIpc) is 2.03. The Labute approximate surface area is 72.0 Å². The summed E-state index contributed by atoms with van der Waals surface area (Å²) in [6.07, 6.45) is 7.63. The van der Waals surface area contributed by atoms with E-state index in [0.29, 0.717) is 0 Å². The largest absolute Gasteiger partial charge is 0.241 e. The molecular formula is C10H12N2. The van der Waals surface area contributed by atoms with E-state index in [9.17, 15) is 0 Å². The normalized spacial score (nSPS) is 12.7. The van der Waals surface area contributed by atoms with Crippen molar-refractivity contribution in [2.24, 2.45) is 0 Å².